The molecule has 3 aliphatic rings. The van der Waals surface area contributed by atoms with Crippen molar-refractivity contribution in [2.45, 2.75) is 82.7 Å². The number of nitrogens with zero attached hydrogens (tertiary/aromatic N) is 1. The highest BCUT2D eigenvalue weighted by Gasteiger charge is 2.27. The van der Waals surface area contributed by atoms with Gasteiger partial charge in [0.05, 0.1) is 5.56 Å². The van der Waals surface area contributed by atoms with Gasteiger partial charge in [-0.05, 0) is 56.9 Å². The van der Waals surface area contributed by atoms with E-state index in [-0.39, 0.29) is 18.0 Å². The third-order valence-corrected chi connectivity index (χ3v) is 7.44. The van der Waals surface area contributed by atoms with Crippen LogP contribution in [0, 0.1) is 0 Å². The van der Waals surface area contributed by atoms with Crippen LogP contribution < -0.4 is 10.6 Å². The van der Waals surface area contributed by atoms with E-state index in [1.54, 1.807) is 11.3 Å². The number of piperidine rings is 1. The Bertz CT molecular complexity index is 673. The zero-order chi connectivity index (χ0) is 18.6. The van der Waals surface area contributed by atoms with Gasteiger partial charge in [-0.2, -0.15) is 0 Å². The standard InChI is InChI=1S/C21H31N3O2S/c25-20(18-14-27-19-9-5-4-8-17(18)19)22-16-10-12-24(13-11-16)21(26)23-15-6-2-1-3-7-15/h14-16H,1-13H2,(H,22,25)(H,23,26). The van der Waals surface area contributed by atoms with E-state index >= 15 is 0 Å². The first-order valence-corrected chi connectivity index (χ1v) is 11.5. The summed E-state index contributed by atoms with van der Waals surface area (Å²) >= 11 is 1.74. The van der Waals surface area contributed by atoms with E-state index in [0.717, 1.165) is 57.2 Å². The summed E-state index contributed by atoms with van der Waals surface area (Å²) in [6, 6.07) is 0.613. The fraction of sp³-hybridized carbons (Fsp3) is 0.714. The predicted octanol–water partition coefficient (Wildman–Crippen LogP) is 3.86. The maximum Gasteiger partial charge on any atom is 0.317 e. The van der Waals surface area contributed by atoms with Gasteiger partial charge in [0.15, 0.2) is 0 Å². The second-order valence-corrected chi connectivity index (χ2v) is 9.24. The van der Waals surface area contributed by atoms with Crippen LogP contribution in [-0.4, -0.2) is 42.0 Å². The minimum atomic E-state index is 0.0820. The second-order valence-electron chi connectivity index (χ2n) is 8.28. The summed E-state index contributed by atoms with van der Waals surface area (Å²) in [4.78, 5) is 28.5. The highest BCUT2D eigenvalue weighted by molar-refractivity contribution is 7.10. The molecule has 2 fully saturated rings. The molecular formula is C21H31N3O2S. The van der Waals surface area contributed by atoms with Gasteiger partial charge < -0.3 is 15.5 Å². The van der Waals surface area contributed by atoms with Gasteiger partial charge in [-0.15, -0.1) is 11.3 Å². The third-order valence-electron chi connectivity index (χ3n) is 6.36. The van der Waals surface area contributed by atoms with E-state index in [0.29, 0.717) is 6.04 Å². The van der Waals surface area contributed by atoms with E-state index in [4.69, 9.17) is 0 Å². The molecule has 0 atom stereocenters. The highest BCUT2D eigenvalue weighted by Crippen LogP contribution is 2.30. The van der Waals surface area contributed by atoms with Gasteiger partial charge in [0.1, 0.15) is 0 Å². The number of nitrogens with one attached hydrogen (secondary N) is 2. The van der Waals surface area contributed by atoms with Crippen molar-refractivity contribution in [1.29, 1.82) is 0 Å². The number of rotatable bonds is 3. The van der Waals surface area contributed by atoms with E-state index < -0.39 is 0 Å². The quantitative estimate of drug-likeness (QED) is 0.824. The summed E-state index contributed by atoms with van der Waals surface area (Å²) in [5.41, 5.74) is 2.18. The number of thiophene rings is 1. The van der Waals surface area contributed by atoms with Gasteiger partial charge in [0, 0.05) is 35.4 Å². The molecule has 1 aromatic rings. The van der Waals surface area contributed by atoms with Crippen LogP contribution in [0.25, 0.3) is 0 Å². The van der Waals surface area contributed by atoms with E-state index in [9.17, 15) is 9.59 Å². The van der Waals surface area contributed by atoms with Crippen molar-refractivity contribution >= 4 is 23.3 Å². The molecule has 1 aromatic heterocycles. The molecule has 5 nitrogen and oxygen atoms in total. The molecule has 6 heteroatoms. The van der Waals surface area contributed by atoms with Crippen molar-refractivity contribution in [2.75, 3.05) is 13.1 Å². The van der Waals surface area contributed by atoms with E-state index in [1.165, 1.54) is 42.5 Å². The van der Waals surface area contributed by atoms with Crippen molar-refractivity contribution in [3.8, 4) is 0 Å². The number of aryl methyl sites for hydroxylation is 1. The summed E-state index contributed by atoms with van der Waals surface area (Å²) in [5.74, 6) is 0.0829. The molecule has 0 spiro atoms. The first-order valence-electron chi connectivity index (χ1n) is 10.7. The van der Waals surface area contributed by atoms with Crippen LogP contribution in [0.4, 0.5) is 4.79 Å². The van der Waals surface area contributed by atoms with Gasteiger partial charge in [0.2, 0.25) is 0 Å². The lowest BCUT2D eigenvalue weighted by Gasteiger charge is -2.34. The molecular weight excluding hydrogens is 358 g/mol. The van der Waals surface area contributed by atoms with Crippen LogP contribution in [0.5, 0.6) is 0 Å². The average molecular weight is 390 g/mol. The molecule has 148 valence electrons. The summed E-state index contributed by atoms with van der Waals surface area (Å²) in [7, 11) is 0. The largest absolute Gasteiger partial charge is 0.349 e. The van der Waals surface area contributed by atoms with Crippen molar-refractivity contribution in [3.05, 3.63) is 21.4 Å². The lowest BCUT2D eigenvalue weighted by atomic mass is 9.95. The van der Waals surface area contributed by atoms with Crippen molar-refractivity contribution in [1.82, 2.24) is 15.5 Å². The fourth-order valence-electron chi connectivity index (χ4n) is 4.69. The number of hydrogen-bond acceptors (Lipinski definition) is 3. The molecule has 1 saturated carbocycles. The SMILES string of the molecule is O=C(NC1CCN(C(=O)NC2CCCCC2)CC1)c1csc2c1CCCC2. The number of fused-ring (bicyclic) bond motifs is 1. The highest BCUT2D eigenvalue weighted by atomic mass is 32.1. The molecule has 0 radical (unpaired) electrons. The summed E-state index contributed by atoms with van der Waals surface area (Å²) < 4.78 is 0. The van der Waals surface area contributed by atoms with Gasteiger partial charge in [-0.3, -0.25) is 4.79 Å². The molecule has 0 aromatic carbocycles. The maximum atomic E-state index is 12.7. The minimum absolute atomic E-state index is 0.0820. The number of urea groups is 1. The van der Waals surface area contributed by atoms with Crippen molar-refractivity contribution in [3.63, 3.8) is 0 Å². The van der Waals surface area contributed by atoms with Gasteiger partial charge in [-0.1, -0.05) is 19.3 Å². The van der Waals surface area contributed by atoms with Crippen molar-refractivity contribution < 1.29 is 9.59 Å². The summed E-state index contributed by atoms with van der Waals surface area (Å²) in [6.45, 7) is 1.45. The van der Waals surface area contributed by atoms with Crippen LogP contribution in [0.2, 0.25) is 0 Å². The Morgan fingerprint density at radius 2 is 1.59 bits per heavy atom. The number of carbonyl (C=O) groups is 2. The Morgan fingerprint density at radius 1 is 0.889 bits per heavy atom. The zero-order valence-electron chi connectivity index (χ0n) is 16.1. The molecule has 3 amide bonds. The topological polar surface area (TPSA) is 61.4 Å². The number of carbonyl (C=O) groups excluding carboxylic acids is 2. The Hall–Kier alpha value is -1.56. The monoisotopic (exact) mass is 389 g/mol. The van der Waals surface area contributed by atoms with Crippen LogP contribution in [0.3, 0.4) is 0 Å². The summed E-state index contributed by atoms with van der Waals surface area (Å²) in [6.07, 6.45) is 12.3. The van der Waals surface area contributed by atoms with Crippen LogP contribution in [-0.2, 0) is 12.8 Å². The lowest BCUT2D eigenvalue weighted by Crippen LogP contribution is -2.51. The Morgan fingerprint density at radius 3 is 2.37 bits per heavy atom. The molecule has 0 bridgehead atoms. The second kappa shape index (κ2) is 8.63. The van der Waals surface area contributed by atoms with Crippen LogP contribution >= 0.6 is 11.3 Å². The molecule has 2 N–H and O–H groups in total. The molecule has 27 heavy (non-hydrogen) atoms. The zero-order valence-corrected chi connectivity index (χ0v) is 16.9. The number of likely N-dealkylation sites (tertiary alicyclic amines) is 1. The molecule has 1 aliphatic heterocycles. The predicted molar refractivity (Wildman–Crippen MR) is 108 cm³/mol. The fourth-order valence-corrected chi connectivity index (χ4v) is 5.81. The van der Waals surface area contributed by atoms with Crippen LogP contribution in [0.15, 0.2) is 5.38 Å². The minimum Gasteiger partial charge on any atom is -0.349 e. The average Bonchev–Trinajstić information content (AvgIpc) is 3.13. The first-order chi connectivity index (χ1) is 13.2. The third kappa shape index (κ3) is 4.48. The Labute approximate surface area is 165 Å². The van der Waals surface area contributed by atoms with Crippen LogP contribution in [0.1, 0.15) is 78.6 Å². The van der Waals surface area contributed by atoms with Crippen molar-refractivity contribution in [2.24, 2.45) is 0 Å². The lowest BCUT2D eigenvalue weighted by molar-refractivity contribution is 0.0916. The molecule has 2 heterocycles. The van der Waals surface area contributed by atoms with Gasteiger partial charge in [-0.25, -0.2) is 4.79 Å². The normalized spacial score (nSPS) is 21.6. The smallest absolute Gasteiger partial charge is 0.317 e. The first kappa shape index (κ1) is 18.8. The van der Waals surface area contributed by atoms with Gasteiger partial charge >= 0.3 is 6.03 Å². The number of amides is 3. The summed E-state index contributed by atoms with van der Waals surface area (Å²) in [5, 5.41) is 8.46. The molecule has 4 rings (SSSR count). The van der Waals surface area contributed by atoms with E-state index in [1.807, 2.05) is 10.3 Å². The Balaban J connectivity index is 1.25. The molecule has 2 aliphatic carbocycles. The molecule has 1 saturated heterocycles. The van der Waals surface area contributed by atoms with E-state index in [2.05, 4.69) is 10.6 Å². The maximum absolute atomic E-state index is 12.7. The Kier molecular flexibility index (Phi) is 6.01. The number of hydrogen-bond donors (Lipinski definition) is 2. The molecule has 0 unspecified atom stereocenters. The van der Waals surface area contributed by atoms with Gasteiger partial charge in [0.25, 0.3) is 5.91 Å².